The number of carbonyl (C=O) groups excluding carboxylic acids is 1. The van der Waals surface area contributed by atoms with Crippen molar-refractivity contribution in [3.8, 4) is 5.75 Å². The van der Waals surface area contributed by atoms with Gasteiger partial charge in [-0.25, -0.2) is 0 Å². The van der Waals surface area contributed by atoms with Gasteiger partial charge in [0.1, 0.15) is 11.5 Å². The molecular formula is C18H24O2. The number of hydrogen-bond acceptors (Lipinski definition) is 2. The molecule has 20 heavy (non-hydrogen) atoms. The predicted molar refractivity (Wildman–Crippen MR) is 80.0 cm³/mol. The van der Waals surface area contributed by atoms with Gasteiger partial charge in [-0.3, -0.25) is 4.79 Å². The van der Waals surface area contributed by atoms with Crippen molar-refractivity contribution in [3.63, 3.8) is 0 Å². The van der Waals surface area contributed by atoms with Gasteiger partial charge in [0.2, 0.25) is 0 Å². The van der Waals surface area contributed by atoms with Crippen molar-refractivity contribution in [2.75, 3.05) is 6.61 Å². The predicted octanol–water partition coefficient (Wildman–Crippen LogP) is 4.34. The van der Waals surface area contributed by atoms with Crippen molar-refractivity contribution in [1.29, 1.82) is 0 Å². The maximum Gasteiger partial charge on any atom is 0.144 e. The largest absolute Gasteiger partial charge is 0.493 e. The standard InChI is InChI=1S/C18H24O2/c1-18(2)11-6-5-8-15(18)17(19)14-10-12-20-16-9-4-3-7-13(14)16/h3-4,7,9,14-15H,5-6,8,10-12H2,1-2H3. The van der Waals surface area contributed by atoms with E-state index in [1.54, 1.807) is 0 Å². The van der Waals surface area contributed by atoms with E-state index in [4.69, 9.17) is 4.74 Å². The molecule has 2 atom stereocenters. The summed E-state index contributed by atoms with van der Waals surface area (Å²) in [6.07, 6.45) is 5.54. The Kier molecular flexibility index (Phi) is 3.57. The van der Waals surface area contributed by atoms with E-state index in [1.165, 1.54) is 19.3 Å². The summed E-state index contributed by atoms with van der Waals surface area (Å²) in [5.41, 5.74) is 1.26. The number of carbonyl (C=O) groups is 1. The first kappa shape index (κ1) is 13.7. The van der Waals surface area contributed by atoms with Crippen molar-refractivity contribution >= 4 is 5.78 Å². The Balaban J connectivity index is 1.88. The monoisotopic (exact) mass is 272 g/mol. The summed E-state index contributed by atoms with van der Waals surface area (Å²) in [5.74, 6) is 1.62. The van der Waals surface area contributed by atoms with E-state index >= 15 is 0 Å². The van der Waals surface area contributed by atoms with Crippen LogP contribution in [0.1, 0.15) is 57.4 Å². The molecule has 2 aliphatic rings. The van der Waals surface area contributed by atoms with E-state index in [0.717, 1.165) is 24.2 Å². The van der Waals surface area contributed by atoms with E-state index in [9.17, 15) is 4.79 Å². The first-order valence-corrected chi connectivity index (χ1v) is 7.85. The van der Waals surface area contributed by atoms with Crippen LogP contribution in [0.4, 0.5) is 0 Å². The molecule has 0 bridgehead atoms. The highest BCUT2D eigenvalue weighted by molar-refractivity contribution is 5.89. The van der Waals surface area contributed by atoms with Gasteiger partial charge in [0, 0.05) is 17.4 Å². The molecule has 2 heteroatoms. The molecule has 0 spiro atoms. The fourth-order valence-electron chi connectivity index (χ4n) is 3.90. The van der Waals surface area contributed by atoms with E-state index in [0.29, 0.717) is 12.4 Å². The molecule has 0 saturated heterocycles. The van der Waals surface area contributed by atoms with Gasteiger partial charge in [-0.2, -0.15) is 0 Å². The summed E-state index contributed by atoms with van der Waals surface area (Å²) in [5, 5.41) is 0. The highest BCUT2D eigenvalue weighted by Crippen LogP contribution is 2.45. The second-order valence-corrected chi connectivity index (χ2v) is 6.92. The van der Waals surface area contributed by atoms with Crippen LogP contribution in [0.15, 0.2) is 24.3 Å². The fourth-order valence-corrected chi connectivity index (χ4v) is 3.90. The third kappa shape index (κ3) is 2.36. The van der Waals surface area contributed by atoms with Gasteiger partial charge in [-0.1, -0.05) is 44.9 Å². The molecule has 1 heterocycles. The smallest absolute Gasteiger partial charge is 0.144 e. The Bertz CT molecular complexity index is 504. The molecule has 2 nitrogen and oxygen atoms in total. The summed E-state index contributed by atoms with van der Waals surface area (Å²) in [6.45, 7) is 5.19. The minimum atomic E-state index is 0.0438. The van der Waals surface area contributed by atoms with Crippen molar-refractivity contribution < 1.29 is 9.53 Å². The van der Waals surface area contributed by atoms with Gasteiger partial charge >= 0.3 is 0 Å². The lowest BCUT2D eigenvalue weighted by Gasteiger charge is -2.40. The van der Waals surface area contributed by atoms with Crippen molar-refractivity contribution in [1.82, 2.24) is 0 Å². The molecule has 1 aliphatic heterocycles. The molecule has 2 unspecified atom stereocenters. The topological polar surface area (TPSA) is 26.3 Å². The zero-order chi connectivity index (χ0) is 14.2. The third-order valence-electron chi connectivity index (χ3n) is 5.15. The quantitative estimate of drug-likeness (QED) is 0.800. The Labute approximate surface area is 121 Å². The lowest BCUT2D eigenvalue weighted by atomic mass is 9.64. The van der Waals surface area contributed by atoms with Crippen molar-refractivity contribution in [3.05, 3.63) is 29.8 Å². The Morgan fingerprint density at radius 2 is 2.00 bits per heavy atom. The van der Waals surface area contributed by atoms with E-state index in [-0.39, 0.29) is 17.3 Å². The number of rotatable bonds is 2. The molecule has 0 radical (unpaired) electrons. The zero-order valence-corrected chi connectivity index (χ0v) is 12.5. The van der Waals surface area contributed by atoms with Crippen LogP contribution in [0.3, 0.4) is 0 Å². The third-order valence-corrected chi connectivity index (χ3v) is 5.15. The Morgan fingerprint density at radius 3 is 2.80 bits per heavy atom. The summed E-state index contributed by atoms with van der Waals surface area (Å²) in [4.78, 5) is 13.1. The van der Waals surface area contributed by atoms with E-state index in [2.05, 4.69) is 19.9 Å². The fraction of sp³-hybridized carbons (Fsp3) is 0.611. The molecule has 0 aromatic heterocycles. The van der Waals surface area contributed by atoms with Crippen LogP contribution in [0.2, 0.25) is 0 Å². The summed E-state index contributed by atoms with van der Waals surface area (Å²) >= 11 is 0. The van der Waals surface area contributed by atoms with Crippen LogP contribution in [0.5, 0.6) is 5.75 Å². The molecule has 1 aromatic rings. The van der Waals surface area contributed by atoms with Gasteiger partial charge in [0.25, 0.3) is 0 Å². The molecule has 0 N–H and O–H groups in total. The first-order chi connectivity index (χ1) is 9.59. The number of benzene rings is 1. The lowest BCUT2D eigenvalue weighted by molar-refractivity contribution is -0.130. The average Bonchev–Trinajstić information content (AvgIpc) is 2.45. The molecule has 1 fully saturated rings. The summed E-state index contributed by atoms with van der Waals surface area (Å²) in [7, 11) is 0. The normalized spacial score (nSPS) is 28.3. The van der Waals surface area contributed by atoms with Gasteiger partial charge in [0.05, 0.1) is 6.61 Å². The van der Waals surface area contributed by atoms with E-state index in [1.807, 2.05) is 18.2 Å². The second kappa shape index (κ2) is 5.23. The van der Waals surface area contributed by atoms with Gasteiger partial charge in [-0.05, 0) is 30.7 Å². The van der Waals surface area contributed by atoms with Crippen LogP contribution in [-0.2, 0) is 4.79 Å². The number of hydrogen-bond donors (Lipinski definition) is 0. The highest BCUT2D eigenvalue weighted by atomic mass is 16.5. The van der Waals surface area contributed by atoms with Crippen LogP contribution in [0, 0.1) is 11.3 Å². The van der Waals surface area contributed by atoms with Crippen LogP contribution in [-0.4, -0.2) is 12.4 Å². The zero-order valence-electron chi connectivity index (χ0n) is 12.5. The Hall–Kier alpha value is -1.31. The molecule has 1 aliphatic carbocycles. The van der Waals surface area contributed by atoms with Crippen LogP contribution < -0.4 is 4.74 Å². The Morgan fingerprint density at radius 1 is 1.20 bits per heavy atom. The van der Waals surface area contributed by atoms with E-state index < -0.39 is 0 Å². The SMILES string of the molecule is CC1(C)CCCCC1C(=O)C1CCOc2ccccc21. The second-order valence-electron chi connectivity index (χ2n) is 6.92. The lowest BCUT2D eigenvalue weighted by Crippen LogP contribution is -2.38. The number of para-hydroxylation sites is 1. The minimum absolute atomic E-state index is 0.0438. The van der Waals surface area contributed by atoms with Gasteiger partial charge in [-0.15, -0.1) is 0 Å². The number of Topliss-reactive ketones (excluding diaryl/α,β-unsaturated/α-hetero) is 1. The van der Waals surface area contributed by atoms with Crippen LogP contribution >= 0.6 is 0 Å². The minimum Gasteiger partial charge on any atom is -0.493 e. The van der Waals surface area contributed by atoms with Crippen molar-refractivity contribution in [2.45, 2.75) is 51.9 Å². The van der Waals surface area contributed by atoms with Gasteiger partial charge < -0.3 is 4.74 Å². The molecule has 0 amide bonds. The summed E-state index contributed by atoms with van der Waals surface area (Å²) < 4.78 is 5.69. The highest BCUT2D eigenvalue weighted by Gasteiger charge is 2.41. The number of ketones is 1. The maximum absolute atomic E-state index is 13.1. The molecule has 108 valence electrons. The number of fused-ring (bicyclic) bond motifs is 1. The molecule has 1 aromatic carbocycles. The maximum atomic E-state index is 13.1. The average molecular weight is 272 g/mol. The molecule has 1 saturated carbocycles. The van der Waals surface area contributed by atoms with Gasteiger partial charge in [0.15, 0.2) is 0 Å². The molecular weight excluding hydrogens is 248 g/mol. The first-order valence-electron chi connectivity index (χ1n) is 7.85. The summed E-state index contributed by atoms with van der Waals surface area (Å²) in [6, 6.07) is 8.05. The van der Waals surface area contributed by atoms with Crippen LogP contribution in [0.25, 0.3) is 0 Å². The van der Waals surface area contributed by atoms with Crippen molar-refractivity contribution in [2.24, 2.45) is 11.3 Å². The number of ether oxygens (including phenoxy) is 1. The molecule has 3 rings (SSSR count).